The van der Waals surface area contributed by atoms with Crippen molar-refractivity contribution in [1.82, 2.24) is 0 Å². The Morgan fingerprint density at radius 3 is 2.46 bits per heavy atom. The van der Waals surface area contributed by atoms with Crippen molar-refractivity contribution in [2.45, 2.75) is 65.5 Å². The minimum absolute atomic E-state index is 0.236. The number of ether oxygens (including phenoxy) is 2. The van der Waals surface area contributed by atoms with E-state index in [1.165, 1.54) is 24.8 Å². The summed E-state index contributed by atoms with van der Waals surface area (Å²) in [6.45, 7) is 8.03. The summed E-state index contributed by atoms with van der Waals surface area (Å²) in [5.74, 6) is 1.87. The average molecular weight is 356 g/mol. The molecule has 0 aliphatic rings. The first kappa shape index (κ1) is 20.2. The van der Waals surface area contributed by atoms with Crippen LogP contribution in [0.2, 0.25) is 0 Å². The van der Waals surface area contributed by atoms with E-state index >= 15 is 0 Å². The molecule has 0 spiro atoms. The van der Waals surface area contributed by atoms with Crippen LogP contribution in [-0.2, 0) is 6.54 Å². The first-order valence-electron chi connectivity index (χ1n) is 9.93. The van der Waals surface area contributed by atoms with Gasteiger partial charge in [-0.2, -0.15) is 0 Å². The molecular formula is C23H33NO2. The predicted molar refractivity (Wildman–Crippen MR) is 110 cm³/mol. The molecule has 2 rings (SSSR count). The van der Waals surface area contributed by atoms with E-state index in [-0.39, 0.29) is 6.10 Å². The third-order valence-corrected chi connectivity index (χ3v) is 4.43. The molecule has 0 heterocycles. The van der Waals surface area contributed by atoms with Crippen molar-refractivity contribution < 1.29 is 9.47 Å². The molecular weight excluding hydrogens is 322 g/mol. The lowest BCUT2D eigenvalue weighted by Crippen LogP contribution is -2.09. The van der Waals surface area contributed by atoms with E-state index in [1.807, 2.05) is 12.1 Å². The highest BCUT2D eigenvalue weighted by molar-refractivity contribution is 5.48. The van der Waals surface area contributed by atoms with E-state index < -0.39 is 0 Å². The van der Waals surface area contributed by atoms with E-state index in [9.17, 15) is 0 Å². The van der Waals surface area contributed by atoms with Crippen LogP contribution >= 0.6 is 0 Å². The zero-order valence-electron chi connectivity index (χ0n) is 16.5. The smallest absolute Gasteiger partial charge is 0.121 e. The molecule has 0 saturated heterocycles. The number of hydrogen-bond donors (Lipinski definition) is 1. The lowest BCUT2D eigenvalue weighted by molar-refractivity contribution is 0.217. The Morgan fingerprint density at radius 1 is 0.923 bits per heavy atom. The molecule has 142 valence electrons. The van der Waals surface area contributed by atoms with Gasteiger partial charge in [0.1, 0.15) is 11.5 Å². The largest absolute Gasteiger partial charge is 0.494 e. The van der Waals surface area contributed by atoms with Crippen LogP contribution in [-0.4, -0.2) is 12.7 Å². The second kappa shape index (κ2) is 11.5. The highest BCUT2D eigenvalue weighted by atomic mass is 16.5. The van der Waals surface area contributed by atoms with Crippen LogP contribution in [0.4, 0.5) is 5.69 Å². The molecule has 0 fully saturated rings. The predicted octanol–water partition coefficient (Wildman–Crippen LogP) is 6.44. The summed E-state index contributed by atoms with van der Waals surface area (Å²) in [4.78, 5) is 0. The third kappa shape index (κ3) is 7.38. The fourth-order valence-electron chi connectivity index (χ4n) is 2.62. The van der Waals surface area contributed by atoms with Crippen molar-refractivity contribution in [3.05, 3.63) is 54.1 Å². The first-order chi connectivity index (χ1) is 12.7. The van der Waals surface area contributed by atoms with Gasteiger partial charge in [-0.15, -0.1) is 0 Å². The van der Waals surface area contributed by atoms with Gasteiger partial charge in [0.05, 0.1) is 12.7 Å². The van der Waals surface area contributed by atoms with Gasteiger partial charge >= 0.3 is 0 Å². The van der Waals surface area contributed by atoms with Gasteiger partial charge in [-0.1, -0.05) is 51.3 Å². The van der Waals surface area contributed by atoms with E-state index in [0.717, 1.165) is 43.2 Å². The maximum Gasteiger partial charge on any atom is 0.121 e. The van der Waals surface area contributed by atoms with Gasteiger partial charge in [0.15, 0.2) is 0 Å². The molecule has 0 saturated carbocycles. The van der Waals surface area contributed by atoms with E-state index in [2.05, 4.69) is 62.5 Å². The number of anilines is 1. The summed E-state index contributed by atoms with van der Waals surface area (Å²) < 4.78 is 11.7. The molecule has 3 nitrogen and oxygen atoms in total. The van der Waals surface area contributed by atoms with Gasteiger partial charge in [0.25, 0.3) is 0 Å². The number of benzene rings is 2. The van der Waals surface area contributed by atoms with E-state index in [0.29, 0.717) is 0 Å². The van der Waals surface area contributed by atoms with Crippen LogP contribution in [0.1, 0.15) is 58.4 Å². The quantitative estimate of drug-likeness (QED) is 0.445. The summed E-state index contributed by atoms with van der Waals surface area (Å²) in [5, 5.41) is 3.46. The van der Waals surface area contributed by atoms with Crippen molar-refractivity contribution in [2.24, 2.45) is 0 Å². The molecule has 0 unspecified atom stereocenters. The molecule has 2 aromatic carbocycles. The zero-order chi connectivity index (χ0) is 18.6. The van der Waals surface area contributed by atoms with Gasteiger partial charge in [-0.05, 0) is 49.6 Å². The van der Waals surface area contributed by atoms with Crippen molar-refractivity contribution in [3.63, 3.8) is 0 Å². The second-order valence-corrected chi connectivity index (χ2v) is 6.77. The van der Waals surface area contributed by atoms with Crippen LogP contribution in [0, 0.1) is 0 Å². The van der Waals surface area contributed by atoms with E-state index in [1.54, 1.807) is 0 Å². The van der Waals surface area contributed by atoms with Gasteiger partial charge in [0.2, 0.25) is 0 Å². The van der Waals surface area contributed by atoms with Gasteiger partial charge in [0, 0.05) is 18.3 Å². The molecule has 0 bridgehead atoms. The molecule has 1 N–H and O–H groups in total. The van der Waals surface area contributed by atoms with E-state index in [4.69, 9.17) is 9.47 Å². The Balaban J connectivity index is 1.78. The highest BCUT2D eigenvalue weighted by Crippen LogP contribution is 2.20. The maximum atomic E-state index is 5.88. The summed E-state index contributed by atoms with van der Waals surface area (Å²) >= 11 is 0. The number of unbranched alkanes of at least 4 members (excludes halogenated alkanes) is 3. The van der Waals surface area contributed by atoms with Crippen LogP contribution in [0.25, 0.3) is 0 Å². The average Bonchev–Trinajstić information content (AvgIpc) is 2.67. The van der Waals surface area contributed by atoms with Gasteiger partial charge in [-0.25, -0.2) is 0 Å². The number of nitrogens with one attached hydrogen (secondary N) is 1. The molecule has 1 atom stereocenters. The SMILES string of the molecule is CCCCCCOc1ccc(CNc2cccc(O[C@@H](C)CC)c2)cc1. The molecule has 0 aliphatic heterocycles. The minimum atomic E-state index is 0.236. The molecule has 3 heteroatoms. The molecule has 2 aromatic rings. The Bertz CT molecular complexity index is 624. The lowest BCUT2D eigenvalue weighted by atomic mass is 10.2. The zero-order valence-corrected chi connectivity index (χ0v) is 16.5. The van der Waals surface area contributed by atoms with Crippen LogP contribution in [0.5, 0.6) is 11.5 Å². The van der Waals surface area contributed by atoms with Gasteiger partial charge < -0.3 is 14.8 Å². The lowest BCUT2D eigenvalue weighted by Gasteiger charge is -2.14. The monoisotopic (exact) mass is 355 g/mol. The van der Waals surface area contributed by atoms with Crippen molar-refractivity contribution >= 4 is 5.69 Å². The highest BCUT2D eigenvalue weighted by Gasteiger charge is 2.02. The summed E-state index contributed by atoms with van der Waals surface area (Å²) in [6, 6.07) is 16.5. The molecule has 0 aromatic heterocycles. The van der Waals surface area contributed by atoms with Crippen LogP contribution in [0.15, 0.2) is 48.5 Å². The van der Waals surface area contributed by atoms with Crippen LogP contribution in [0.3, 0.4) is 0 Å². The Labute approximate surface area is 158 Å². The molecule has 0 radical (unpaired) electrons. The third-order valence-electron chi connectivity index (χ3n) is 4.43. The fourth-order valence-corrected chi connectivity index (χ4v) is 2.62. The topological polar surface area (TPSA) is 30.5 Å². The fraction of sp³-hybridized carbons (Fsp3) is 0.478. The van der Waals surface area contributed by atoms with Gasteiger partial charge in [-0.3, -0.25) is 0 Å². The number of rotatable bonds is 12. The molecule has 26 heavy (non-hydrogen) atoms. The van der Waals surface area contributed by atoms with Crippen molar-refractivity contribution in [2.75, 3.05) is 11.9 Å². The van der Waals surface area contributed by atoms with Crippen LogP contribution < -0.4 is 14.8 Å². The maximum absolute atomic E-state index is 5.88. The molecule has 0 aliphatic carbocycles. The number of hydrogen-bond acceptors (Lipinski definition) is 3. The standard InChI is InChI=1S/C23H33NO2/c1-4-6-7-8-16-25-22-14-12-20(13-15-22)18-24-21-10-9-11-23(17-21)26-19(3)5-2/h9-15,17,19,24H,4-8,16,18H2,1-3H3/t19-/m0/s1. The molecule has 0 amide bonds. The summed E-state index contributed by atoms with van der Waals surface area (Å²) in [6.07, 6.45) is 6.17. The first-order valence-corrected chi connectivity index (χ1v) is 9.93. The van der Waals surface area contributed by atoms with Crippen molar-refractivity contribution in [1.29, 1.82) is 0 Å². The Kier molecular flexibility index (Phi) is 8.88. The summed E-state index contributed by atoms with van der Waals surface area (Å²) in [7, 11) is 0. The Hall–Kier alpha value is -2.16. The van der Waals surface area contributed by atoms with Crippen molar-refractivity contribution in [3.8, 4) is 11.5 Å². The summed E-state index contributed by atoms with van der Waals surface area (Å²) in [5.41, 5.74) is 2.30. The minimum Gasteiger partial charge on any atom is -0.494 e. The normalized spacial score (nSPS) is 11.8. The Morgan fingerprint density at radius 2 is 1.73 bits per heavy atom. The second-order valence-electron chi connectivity index (χ2n) is 6.77.